The van der Waals surface area contributed by atoms with Gasteiger partial charge in [-0.1, -0.05) is 25.1 Å². The highest BCUT2D eigenvalue weighted by Gasteiger charge is 2.29. The Hall–Kier alpha value is -3.19. The fourth-order valence-electron chi connectivity index (χ4n) is 4.41. The van der Waals surface area contributed by atoms with Gasteiger partial charge in [0.05, 0.1) is 12.6 Å². The summed E-state index contributed by atoms with van der Waals surface area (Å²) in [7, 11) is 1.66. The van der Waals surface area contributed by atoms with Gasteiger partial charge in [0, 0.05) is 44.0 Å². The van der Waals surface area contributed by atoms with Crippen LogP contribution in [0.2, 0.25) is 0 Å². The Morgan fingerprint density at radius 1 is 1.12 bits per heavy atom. The Bertz CT molecular complexity index is 1070. The van der Waals surface area contributed by atoms with Crippen LogP contribution in [0.5, 0.6) is 5.75 Å². The van der Waals surface area contributed by atoms with Gasteiger partial charge in [-0.2, -0.15) is 0 Å². The number of methoxy groups -OCH3 is 1. The molecule has 1 aliphatic heterocycles. The van der Waals surface area contributed by atoms with E-state index >= 15 is 0 Å². The third-order valence-electron chi connectivity index (χ3n) is 6.28. The monoisotopic (exact) mass is 433 g/mol. The second kappa shape index (κ2) is 9.96. The van der Waals surface area contributed by atoms with Crippen molar-refractivity contribution in [3.05, 3.63) is 59.9 Å². The number of carbonyl (C=O) groups is 1. The number of piperazine rings is 1. The first-order valence-corrected chi connectivity index (χ1v) is 11.2. The zero-order valence-electron chi connectivity index (χ0n) is 18.8. The molecule has 1 fully saturated rings. The van der Waals surface area contributed by atoms with Crippen molar-refractivity contribution >= 4 is 22.6 Å². The number of anilines is 1. The van der Waals surface area contributed by atoms with Crippen LogP contribution in [0.3, 0.4) is 0 Å². The van der Waals surface area contributed by atoms with Crippen molar-refractivity contribution in [1.82, 2.24) is 19.8 Å². The second-order valence-electron chi connectivity index (χ2n) is 8.34. The summed E-state index contributed by atoms with van der Waals surface area (Å²) in [6, 6.07) is 14.4. The molecule has 0 saturated carbocycles. The lowest BCUT2D eigenvalue weighted by Gasteiger charge is -2.41. The molecule has 32 heavy (non-hydrogen) atoms. The molecule has 1 amide bonds. The zero-order valence-corrected chi connectivity index (χ0v) is 18.8. The predicted octanol–water partition coefficient (Wildman–Crippen LogP) is 3.28. The number of rotatable bonds is 7. The van der Waals surface area contributed by atoms with E-state index < -0.39 is 0 Å². The maximum absolute atomic E-state index is 13.0. The molecule has 1 aromatic heterocycles. The summed E-state index contributed by atoms with van der Waals surface area (Å²) in [6.45, 7) is 5.52. The van der Waals surface area contributed by atoms with Crippen molar-refractivity contribution in [1.29, 1.82) is 0 Å². The van der Waals surface area contributed by atoms with Crippen LogP contribution in [0.1, 0.15) is 30.9 Å². The number of aromatic nitrogens is 2. The highest BCUT2D eigenvalue weighted by molar-refractivity contribution is 5.88. The molecule has 0 radical (unpaired) electrons. The summed E-state index contributed by atoms with van der Waals surface area (Å²) in [5.74, 6) is 1.59. The molecule has 0 unspecified atom stereocenters. The molecule has 2 aromatic carbocycles. The van der Waals surface area contributed by atoms with Crippen LogP contribution in [0, 0.1) is 0 Å². The number of nitrogen functional groups attached to an aromatic ring is 1. The molecule has 0 bridgehead atoms. The van der Waals surface area contributed by atoms with Gasteiger partial charge in [0.1, 0.15) is 17.9 Å². The molecular formula is C25H31N5O2. The van der Waals surface area contributed by atoms with Crippen molar-refractivity contribution in [3.63, 3.8) is 0 Å². The molecule has 168 valence electrons. The Morgan fingerprint density at radius 2 is 1.91 bits per heavy atom. The summed E-state index contributed by atoms with van der Waals surface area (Å²) >= 11 is 0. The van der Waals surface area contributed by atoms with E-state index in [4.69, 9.17) is 10.5 Å². The van der Waals surface area contributed by atoms with Crippen LogP contribution in [-0.4, -0.2) is 58.5 Å². The molecule has 1 atom stereocenters. The minimum Gasteiger partial charge on any atom is -0.497 e. The van der Waals surface area contributed by atoms with Crippen molar-refractivity contribution in [2.24, 2.45) is 0 Å². The van der Waals surface area contributed by atoms with E-state index in [9.17, 15) is 4.79 Å². The molecule has 1 saturated heterocycles. The predicted molar refractivity (Wildman–Crippen MR) is 126 cm³/mol. The lowest BCUT2D eigenvalue weighted by Crippen LogP contribution is -2.54. The Balaban J connectivity index is 1.34. The highest BCUT2D eigenvalue weighted by atomic mass is 16.5. The fourth-order valence-corrected chi connectivity index (χ4v) is 4.41. The van der Waals surface area contributed by atoms with Crippen molar-refractivity contribution in [2.75, 3.05) is 32.5 Å². The number of benzene rings is 2. The summed E-state index contributed by atoms with van der Waals surface area (Å²) in [4.78, 5) is 25.9. The molecule has 4 rings (SSSR count). The summed E-state index contributed by atoms with van der Waals surface area (Å²) in [5.41, 5.74) is 9.17. The Morgan fingerprint density at radius 3 is 2.66 bits per heavy atom. The van der Waals surface area contributed by atoms with Crippen LogP contribution in [0.4, 0.5) is 5.82 Å². The van der Waals surface area contributed by atoms with E-state index in [1.54, 1.807) is 7.11 Å². The van der Waals surface area contributed by atoms with Crippen LogP contribution in [-0.2, 0) is 17.8 Å². The van der Waals surface area contributed by atoms with Gasteiger partial charge in [-0.25, -0.2) is 9.97 Å². The first-order valence-electron chi connectivity index (χ1n) is 11.2. The van der Waals surface area contributed by atoms with E-state index in [0.29, 0.717) is 12.2 Å². The Kier molecular flexibility index (Phi) is 6.85. The number of aryl methyl sites for hydroxylation is 1. The summed E-state index contributed by atoms with van der Waals surface area (Å²) in [5, 5.41) is 0.884. The smallest absolute Gasteiger partial charge is 0.223 e. The van der Waals surface area contributed by atoms with Crippen LogP contribution < -0.4 is 10.5 Å². The van der Waals surface area contributed by atoms with E-state index in [-0.39, 0.29) is 11.9 Å². The molecule has 2 N–H and O–H groups in total. The lowest BCUT2D eigenvalue weighted by molar-refractivity contribution is -0.136. The van der Waals surface area contributed by atoms with Crippen LogP contribution in [0.25, 0.3) is 10.9 Å². The topological polar surface area (TPSA) is 84.6 Å². The van der Waals surface area contributed by atoms with Gasteiger partial charge in [-0.15, -0.1) is 0 Å². The number of ether oxygens (including phenoxy) is 1. The summed E-state index contributed by atoms with van der Waals surface area (Å²) < 4.78 is 5.21. The van der Waals surface area contributed by atoms with Gasteiger partial charge in [0.25, 0.3) is 0 Å². The molecule has 3 aromatic rings. The van der Waals surface area contributed by atoms with Gasteiger partial charge in [-0.3, -0.25) is 9.69 Å². The minimum atomic E-state index is 0.241. The van der Waals surface area contributed by atoms with E-state index in [1.165, 1.54) is 11.9 Å². The molecule has 7 nitrogen and oxygen atoms in total. The number of fused-ring (bicyclic) bond motifs is 1. The standard InChI is InChI=1S/C25H31N5O2/c1-3-20-16-29(15-19-6-10-22-23(14-19)27-17-28-25(22)26)12-13-30(20)24(31)11-7-18-4-8-21(32-2)9-5-18/h4-6,8-10,14,17,20H,3,7,11-13,15-16H2,1-2H3,(H2,26,27,28)/t20-/m0/s1. The second-order valence-corrected chi connectivity index (χ2v) is 8.34. The largest absolute Gasteiger partial charge is 0.497 e. The first kappa shape index (κ1) is 22.0. The molecular weight excluding hydrogens is 402 g/mol. The number of hydrogen-bond donors (Lipinski definition) is 1. The van der Waals surface area contributed by atoms with E-state index in [1.807, 2.05) is 30.3 Å². The highest BCUT2D eigenvalue weighted by Crippen LogP contribution is 2.21. The number of nitrogens with two attached hydrogens (primary N) is 1. The van der Waals surface area contributed by atoms with Gasteiger partial charge < -0.3 is 15.4 Å². The van der Waals surface area contributed by atoms with Crippen LogP contribution >= 0.6 is 0 Å². The lowest BCUT2D eigenvalue weighted by atomic mass is 10.0. The normalized spacial score (nSPS) is 16.9. The molecule has 1 aliphatic rings. The van der Waals surface area contributed by atoms with Crippen molar-refractivity contribution in [3.8, 4) is 5.75 Å². The number of hydrogen-bond acceptors (Lipinski definition) is 6. The SMILES string of the molecule is CC[C@H]1CN(Cc2ccc3c(N)ncnc3c2)CCN1C(=O)CCc1ccc(OC)cc1. The third kappa shape index (κ3) is 4.99. The van der Waals surface area contributed by atoms with Gasteiger partial charge >= 0.3 is 0 Å². The molecule has 0 spiro atoms. The van der Waals surface area contributed by atoms with E-state index in [0.717, 1.165) is 61.2 Å². The summed E-state index contributed by atoms with van der Waals surface area (Å²) in [6.07, 6.45) is 3.74. The first-order chi connectivity index (χ1) is 15.6. The maximum atomic E-state index is 13.0. The van der Waals surface area contributed by atoms with Gasteiger partial charge in [0.2, 0.25) is 5.91 Å². The van der Waals surface area contributed by atoms with Crippen LogP contribution in [0.15, 0.2) is 48.8 Å². The minimum absolute atomic E-state index is 0.241. The number of amides is 1. The molecule has 7 heteroatoms. The Labute approximate surface area is 189 Å². The zero-order chi connectivity index (χ0) is 22.5. The number of nitrogens with zero attached hydrogens (tertiary/aromatic N) is 4. The molecule has 2 heterocycles. The maximum Gasteiger partial charge on any atom is 0.223 e. The quantitative estimate of drug-likeness (QED) is 0.616. The van der Waals surface area contributed by atoms with Crippen molar-refractivity contribution in [2.45, 2.75) is 38.8 Å². The fraction of sp³-hybridized carbons (Fsp3) is 0.400. The molecule has 0 aliphatic carbocycles. The average Bonchev–Trinajstić information content (AvgIpc) is 2.83. The van der Waals surface area contributed by atoms with E-state index in [2.05, 4.69) is 38.8 Å². The van der Waals surface area contributed by atoms with Gasteiger partial charge in [0.15, 0.2) is 0 Å². The van der Waals surface area contributed by atoms with Gasteiger partial charge in [-0.05, 0) is 48.2 Å². The third-order valence-corrected chi connectivity index (χ3v) is 6.28. The number of carbonyl (C=O) groups excluding carboxylic acids is 1. The van der Waals surface area contributed by atoms with Crippen molar-refractivity contribution < 1.29 is 9.53 Å². The average molecular weight is 434 g/mol.